The Labute approximate surface area is 106 Å². The van der Waals surface area contributed by atoms with Gasteiger partial charge in [0.1, 0.15) is 0 Å². The molecule has 2 unspecified atom stereocenters. The fourth-order valence-electron chi connectivity index (χ4n) is 4.19. The zero-order valence-corrected chi connectivity index (χ0v) is 12.0. The van der Waals surface area contributed by atoms with Crippen LogP contribution < -0.4 is 5.73 Å². The molecule has 0 amide bonds. The fourth-order valence-corrected chi connectivity index (χ4v) is 4.19. The third-order valence-electron chi connectivity index (χ3n) is 4.81. The van der Waals surface area contributed by atoms with Crippen LogP contribution in [0, 0.1) is 0 Å². The van der Waals surface area contributed by atoms with E-state index in [-0.39, 0.29) is 16.7 Å². The van der Waals surface area contributed by atoms with Crippen LogP contribution in [0.15, 0.2) is 0 Å². The van der Waals surface area contributed by atoms with Gasteiger partial charge in [-0.25, -0.2) is 0 Å². The van der Waals surface area contributed by atoms with Gasteiger partial charge in [0.15, 0.2) is 0 Å². The van der Waals surface area contributed by atoms with Crippen molar-refractivity contribution in [2.45, 2.75) is 76.7 Å². The molecule has 2 atom stereocenters. The van der Waals surface area contributed by atoms with Crippen molar-refractivity contribution in [2.24, 2.45) is 5.73 Å². The van der Waals surface area contributed by atoms with Crippen molar-refractivity contribution >= 4 is 0 Å². The largest absolute Gasteiger partial charge is 0.368 e. The Morgan fingerprint density at radius 2 is 1.94 bits per heavy atom. The summed E-state index contributed by atoms with van der Waals surface area (Å²) < 4.78 is 6.28. The summed E-state index contributed by atoms with van der Waals surface area (Å²) in [5.41, 5.74) is 5.97. The molecule has 2 saturated heterocycles. The SMILES string of the molecule is CC1CCCN1C1(CN)CC(C)(C)OC1(C)C. The highest BCUT2D eigenvalue weighted by molar-refractivity contribution is 5.14. The van der Waals surface area contributed by atoms with Crippen LogP contribution in [0.25, 0.3) is 0 Å². The van der Waals surface area contributed by atoms with Crippen molar-refractivity contribution in [1.82, 2.24) is 4.90 Å². The van der Waals surface area contributed by atoms with E-state index in [1.165, 1.54) is 19.4 Å². The lowest BCUT2D eigenvalue weighted by Gasteiger charge is -2.48. The minimum absolute atomic E-state index is 0.00637. The molecule has 2 heterocycles. The van der Waals surface area contributed by atoms with Gasteiger partial charge in [-0.05, 0) is 60.4 Å². The maximum absolute atomic E-state index is 6.28. The van der Waals surface area contributed by atoms with Crippen molar-refractivity contribution in [3.05, 3.63) is 0 Å². The van der Waals surface area contributed by atoms with Crippen LogP contribution >= 0.6 is 0 Å². The highest BCUT2D eigenvalue weighted by Crippen LogP contribution is 2.49. The van der Waals surface area contributed by atoms with Crippen LogP contribution in [0.4, 0.5) is 0 Å². The Morgan fingerprint density at radius 1 is 1.29 bits per heavy atom. The summed E-state index contributed by atoms with van der Waals surface area (Å²) in [7, 11) is 0. The predicted molar refractivity (Wildman–Crippen MR) is 71.0 cm³/mol. The van der Waals surface area contributed by atoms with E-state index in [0.717, 1.165) is 6.42 Å². The van der Waals surface area contributed by atoms with Crippen molar-refractivity contribution < 1.29 is 4.74 Å². The second-order valence-electron chi connectivity index (χ2n) is 6.97. The summed E-state index contributed by atoms with van der Waals surface area (Å²) >= 11 is 0. The monoisotopic (exact) mass is 240 g/mol. The molecule has 0 spiro atoms. The van der Waals surface area contributed by atoms with Gasteiger partial charge in [0.05, 0.1) is 16.7 Å². The lowest BCUT2D eigenvalue weighted by molar-refractivity contribution is -0.105. The first-order valence-corrected chi connectivity index (χ1v) is 6.91. The molecular weight excluding hydrogens is 212 g/mol. The van der Waals surface area contributed by atoms with E-state index in [4.69, 9.17) is 10.5 Å². The Bertz CT molecular complexity index is 301. The molecule has 2 N–H and O–H groups in total. The highest BCUT2D eigenvalue weighted by Gasteiger charge is 2.60. The number of likely N-dealkylation sites (tertiary alicyclic amines) is 1. The molecule has 2 fully saturated rings. The number of hydrogen-bond acceptors (Lipinski definition) is 3. The molecule has 0 bridgehead atoms. The second-order valence-corrected chi connectivity index (χ2v) is 6.97. The van der Waals surface area contributed by atoms with Gasteiger partial charge in [0, 0.05) is 12.6 Å². The molecule has 0 aliphatic carbocycles. The van der Waals surface area contributed by atoms with E-state index < -0.39 is 0 Å². The van der Waals surface area contributed by atoms with E-state index in [9.17, 15) is 0 Å². The molecule has 2 rings (SSSR count). The van der Waals surface area contributed by atoms with Crippen molar-refractivity contribution in [1.29, 1.82) is 0 Å². The van der Waals surface area contributed by atoms with E-state index >= 15 is 0 Å². The lowest BCUT2D eigenvalue weighted by Crippen LogP contribution is -2.64. The molecule has 2 aliphatic heterocycles. The number of nitrogens with zero attached hydrogens (tertiary/aromatic N) is 1. The summed E-state index contributed by atoms with van der Waals surface area (Å²) in [6, 6.07) is 0.635. The zero-order valence-electron chi connectivity index (χ0n) is 12.0. The Hall–Kier alpha value is -0.120. The number of rotatable bonds is 2. The summed E-state index contributed by atoms with van der Waals surface area (Å²) in [5, 5.41) is 0. The van der Waals surface area contributed by atoms with E-state index in [1.807, 2.05) is 0 Å². The summed E-state index contributed by atoms with van der Waals surface area (Å²) in [6.45, 7) is 13.0. The highest BCUT2D eigenvalue weighted by atomic mass is 16.5. The fraction of sp³-hybridized carbons (Fsp3) is 1.00. The number of nitrogens with two attached hydrogens (primary N) is 1. The Kier molecular flexibility index (Phi) is 3.08. The first-order valence-electron chi connectivity index (χ1n) is 6.91. The predicted octanol–water partition coefficient (Wildman–Crippen LogP) is 2.15. The molecule has 100 valence electrons. The van der Waals surface area contributed by atoms with Gasteiger partial charge in [-0.1, -0.05) is 0 Å². The zero-order chi connectivity index (χ0) is 12.9. The van der Waals surface area contributed by atoms with Gasteiger partial charge < -0.3 is 10.5 Å². The molecule has 3 nitrogen and oxygen atoms in total. The van der Waals surface area contributed by atoms with E-state index in [0.29, 0.717) is 12.6 Å². The Balaban J connectivity index is 2.36. The van der Waals surface area contributed by atoms with Crippen molar-refractivity contribution in [3.8, 4) is 0 Å². The van der Waals surface area contributed by atoms with Crippen LogP contribution in [0.5, 0.6) is 0 Å². The van der Waals surface area contributed by atoms with Crippen LogP contribution in [0.2, 0.25) is 0 Å². The molecule has 3 heteroatoms. The Morgan fingerprint density at radius 3 is 2.29 bits per heavy atom. The molecular formula is C14H28N2O. The molecule has 0 aromatic rings. The van der Waals surface area contributed by atoms with Crippen LogP contribution in [0.3, 0.4) is 0 Å². The minimum Gasteiger partial charge on any atom is -0.368 e. The first-order chi connectivity index (χ1) is 7.74. The van der Waals surface area contributed by atoms with Gasteiger partial charge >= 0.3 is 0 Å². The van der Waals surface area contributed by atoms with Crippen molar-refractivity contribution in [3.63, 3.8) is 0 Å². The standard InChI is InChI=1S/C14H28N2O/c1-11-7-6-8-16(11)14(10-15)9-12(2,3)17-13(14,4)5/h11H,6-10,15H2,1-5H3. The quantitative estimate of drug-likeness (QED) is 0.804. The third-order valence-corrected chi connectivity index (χ3v) is 4.81. The average molecular weight is 240 g/mol. The summed E-state index contributed by atoms with van der Waals surface area (Å²) in [6.07, 6.45) is 3.62. The number of ether oxygens (including phenoxy) is 1. The van der Waals surface area contributed by atoms with Crippen molar-refractivity contribution in [2.75, 3.05) is 13.1 Å². The molecule has 0 radical (unpaired) electrons. The summed E-state index contributed by atoms with van der Waals surface area (Å²) in [5.74, 6) is 0. The van der Waals surface area contributed by atoms with Gasteiger partial charge in [0.2, 0.25) is 0 Å². The van der Waals surface area contributed by atoms with Gasteiger partial charge in [-0.2, -0.15) is 0 Å². The topological polar surface area (TPSA) is 38.5 Å². The minimum atomic E-state index is -0.163. The molecule has 2 aliphatic rings. The summed E-state index contributed by atoms with van der Waals surface area (Å²) in [4.78, 5) is 2.61. The number of hydrogen-bond donors (Lipinski definition) is 1. The average Bonchev–Trinajstić information content (AvgIpc) is 2.65. The van der Waals surface area contributed by atoms with E-state index in [1.54, 1.807) is 0 Å². The first kappa shape index (κ1) is 13.3. The van der Waals surface area contributed by atoms with Crippen LogP contribution in [-0.2, 0) is 4.74 Å². The van der Waals surface area contributed by atoms with Crippen LogP contribution in [-0.4, -0.2) is 40.8 Å². The molecule has 0 aromatic heterocycles. The van der Waals surface area contributed by atoms with Gasteiger partial charge in [0.25, 0.3) is 0 Å². The maximum atomic E-state index is 6.28. The lowest BCUT2D eigenvalue weighted by atomic mass is 9.77. The molecule has 0 aromatic carbocycles. The molecule has 17 heavy (non-hydrogen) atoms. The normalized spacial score (nSPS) is 40.9. The molecule has 0 saturated carbocycles. The van der Waals surface area contributed by atoms with Gasteiger partial charge in [-0.15, -0.1) is 0 Å². The third kappa shape index (κ3) is 1.92. The smallest absolute Gasteiger partial charge is 0.0830 e. The second kappa shape index (κ2) is 3.94. The maximum Gasteiger partial charge on any atom is 0.0830 e. The van der Waals surface area contributed by atoms with Gasteiger partial charge in [-0.3, -0.25) is 4.90 Å². The van der Waals surface area contributed by atoms with E-state index in [2.05, 4.69) is 39.5 Å². The van der Waals surface area contributed by atoms with Crippen LogP contribution in [0.1, 0.15) is 53.9 Å².